The van der Waals surface area contributed by atoms with Crippen molar-refractivity contribution in [1.29, 1.82) is 0 Å². The Morgan fingerprint density at radius 1 is 1.12 bits per heavy atom. The van der Waals surface area contributed by atoms with E-state index in [1.165, 1.54) is 25.1 Å². The number of quaternary nitrogens is 1. The molecule has 0 saturated heterocycles. The number of hydrogen-bond donors (Lipinski definition) is 1. The van der Waals surface area contributed by atoms with Crippen LogP contribution in [0, 0.1) is 6.92 Å². The van der Waals surface area contributed by atoms with Crippen molar-refractivity contribution in [3.63, 3.8) is 0 Å². The highest BCUT2D eigenvalue weighted by atomic mass is 15.3. The molecule has 0 bridgehead atoms. The Balaban J connectivity index is 2.29. The maximum Gasteiger partial charge on any atom is 0.169 e. The Labute approximate surface area is 105 Å². The first-order chi connectivity index (χ1) is 8.03. The molecule has 3 nitrogen and oxygen atoms in total. The fourth-order valence-corrected chi connectivity index (χ4v) is 1.99. The Bertz CT molecular complexity index is 317. The number of pyridine rings is 1. The Kier molecular flexibility index (Phi) is 5.59. The van der Waals surface area contributed by atoms with E-state index in [0.29, 0.717) is 0 Å². The average Bonchev–Trinajstić information content (AvgIpc) is 2.29. The Hall–Kier alpha value is -0.930. The molecule has 0 amide bonds. The molecule has 0 aliphatic carbocycles. The summed E-state index contributed by atoms with van der Waals surface area (Å²) >= 11 is 0. The maximum atomic E-state index is 5.56. The van der Waals surface area contributed by atoms with Gasteiger partial charge in [0.2, 0.25) is 0 Å². The molecule has 1 rings (SSSR count). The number of nitrogens with zero attached hydrogens (tertiary/aromatic N) is 2. The largest absolute Gasteiger partial charge is 0.330 e. The minimum absolute atomic E-state index is 0.800. The third-order valence-corrected chi connectivity index (χ3v) is 3.21. The zero-order valence-electron chi connectivity index (χ0n) is 11.5. The smallest absolute Gasteiger partial charge is 0.169 e. The highest BCUT2D eigenvalue weighted by molar-refractivity contribution is 5.03. The molecule has 0 saturated carbocycles. The van der Waals surface area contributed by atoms with Gasteiger partial charge >= 0.3 is 0 Å². The zero-order valence-corrected chi connectivity index (χ0v) is 11.5. The second-order valence-electron chi connectivity index (χ2n) is 5.49. The lowest BCUT2D eigenvalue weighted by atomic mass is 10.3. The summed E-state index contributed by atoms with van der Waals surface area (Å²) in [5, 5.41) is 0. The van der Waals surface area contributed by atoms with Gasteiger partial charge in [-0.15, -0.1) is 0 Å². The number of hydrogen-bond acceptors (Lipinski definition) is 1. The average molecular weight is 237 g/mol. The molecule has 0 fully saturated rings. The normalized spacial score (nSPS) is 11.8. The van der Waals surface area contributed by atoms with Crippen LogP contribution in [0.4, 0.5) is 0 Å². The predicted octanol–water partition coefficient (Wildman–Crippen LogP) is 1.10. The third kappa shape index (κ3) is 5.80. The number of nitrogens with two attached hydrogens (primary N) is 1. The Morgan fingerprint density at radius 2 is 1.71 bits per heavy atom. The standard InChI is InChI=1S/C14H27N3/c1-14-6-10-16(11-7-14)9-5-13-17(2,3)12-4-8-15/h6-7,10-11H,4-5,8-9,12-13,15H2,1-3H3/q+2. The summed E-state index contributed by atoms with van der Waals surface area (Å²) in [6.07, 6.45) is 6.65. The summed E-state index contributed by atoms with van der Waals surface area (Å²) in [4.78, 5) is 0. The number of aryl methyl sites for hydroxylation is 2. The molecular formula is C14H27N3+2. The van der Waals surface area contributed by atoms with Gasteiger partial charge in [-0.05, 0) is 19.0 Å². The van der Waals surface area contributed by atoms with E-state index in [9.17, 15) is 0 Å². The molecule has 0 unspecified atom stereocenters. The highest BCUT2D eigenvalue weighted by Gasteiger charge is 2.14. The highest BCUT2D eigenvalue weighted by Crippen LogP contribution is 2.01. The van der Waals surface area contributed by atoms with E-state index in [0.717, 1.165) is 24.0 Å². The van der Waals surface area contributed by atoms with Gasteiger partial charge in [0.25, 0.3) is 0 Å². The van der Waals surface area contributed by atoms with E-state index in [1.807, 2.05) is 0 Å². The first-order valence-electron chi connectivity index (χ1n) is 6.51. The third-order valence-electron chi connectivity index (χ3n) is 3.21. The number of aromatic nitrogens is 1. The first-order valence-corrected chi connectivity index (χ1v) is 6.51. The van der Waals surface area contributed by atoms with E-state index < -0.39 is 0 Å². The van der Waals surface area contributed by atoms with Crippen LogP contribution in [0.15, 0.2) is 24.5 Å². The molecule has 0 aliphatic heterocycles. The van der Waals surface area contributed by atoms with Gasteiger partial charge in [-0.3, -0.25) is 0 Å². The molecule has 0 radical (unpaired) electrons. The van der Waals surface area contributed by atoms with Crippen molar-refractivity contribution in [2.45, 2.75) is 26.3 Å². The van der Waals surface area contributed by atoms with Crippen molar-refractivity contribution in [3.8, 4) is 0 Å². The minimum Gasteiger partial charge on any atom is -0.330 e. The lowest BCUT2D eigenvalue weighted by Crippen LogP contribution is -2.44. The summed E-state index contributed by atoms with van der Waals surface area (Å²) < 4.78 is 3.33. The van der Waals surface area contributed by atoms with Crippen LogP contribution in [0.3, 0.4) is 0 Å². The van der Waals surface area contributed by atoms with Crippen molar-refractivity contribution in [3.05, 3.63) is 30.1 Å². The molecular weight excluding hydrogens is 210 g/mol. The summed E-state index contributed by atoms with van der Waals surface area (Å²) in [6, 6.07) is 4.32. The van der Waals surface area contributed by atoms with Crippen molar-refractivity contribution in [1.82, 2.24) is 0 Å². The van der Waals surface area contributed by atoms with Gasteiger partial charge in [0.1, 0.15) is 0 Å². The molecule has 0 atom stereocenters. The monoisotopic (exact) mass is 237 g/mol. The van der Waals surface area contributed by atoms with Crippen molar-refractivity contribution < 1.29 is 9.05 Å². The first kappa shape index (κ1) is 14.1. The summed E-state index contributed by atoms with van der Waals surface area (Å²) in [5.74, 6) is 0. The van der Waals surface area contributed by atoms with E-state index in [4.69, 9.17) is 5.73 Å². The van der Waals surface area contributed by atoms with Crippen molar-refractivity contribution in [2.75, 3.05) is 33.7 Å². The van der Waals surface area contributed by atoms with Gasteiger partial charge in [-0.2, -0.15) is 0 Å². The fourth-order valence-electron chi connectivity index (χ4n) is 1.99. The topological polar surface area (TPSA) is 29.9 Å². The van der Waals surface area contributed by atoms with Crippen LogP contribution < -0.4 is 10.3 Å². The summed E-state index contributed by atoms with van der Waals surface area (Å²) in [5.41, 5.74) is 6.88. The van der Waals surface area contributed by atoms with Crippen LogP contribution in [0.2, 0.25) is 0 Å². The molecule has 0 spiro atoms. The SMILES string of the molecule is Cc1cc[n+](CCC[N+](C)(C)CCCN)cc1. The second-order valence-corrected chi connectivity index (χ2v) is 5.49. The minimum atomic E-state index is 0.800. The number of rotatable bonds is 7. The molecule has 1 aromatic heterocycles. The van der Waals surface area contributed by atoms with Gasteiger partial charge in [-0.1, -0.05) is 0 Å². The van der Waals surface area contributed by atoms with Crippen LogP contribution in [-0.4, -0.2) is 38.2 Å². The van der Waals surface area contributed by atoms with Crippen LogP contribution >= 0.6 is 0 Å². The predicted molar refractivity (Wildman–Crippen MR) is 71.5 cm³/mol. The van der Waals surface area contributed by atoms with Crippen LogP contribution in [0.5, 0.6) is 0 Å². The molecule has 0 aliphatic rings. The fraction of sp³-hybridized carbons (Fsp3) is 0.643. The Morgan fingerprint density at radius 3 is 2.29 bits per heavy atom. The van der Waals surface area contributed by atoms with Crippen LogP contribution in [-0.2, 0) is 6.54 Å². The molecule has 3 heteroatoms. The summed E-state index contributed by atoms with van der Waals surface area (Å²) in [7, 11) is 4.57. The van der Waals surface area contributed by atoms with Gasteiger partial charge in [0, 0.05) is 18.6 Å². The van der Waals surface area contributed by atoms with E-state index in [-0.39, 0.29) is 0 Å². The van der Waals surface area contributed by atoms with E-state index >= 15 is 0 Å². The summed E-state index contributed by atoms with van der Waals surface area (Å²) in [6.45, 7) is 6.41. The van der Waals surface area contributed by atoms with Crippen LogP contribution in [0.1, 0.15) is 18.4 Å². The van der Waals surface area contributed by atoms with Crippen molar-refractivity contribution in [2.24, 2.45) is 5.73 Å². The van der Waals surface area contributed by atoms with Gasteiger partial charge < -0.3 is 10.2 Å². The van der Waals surface area contributed by atoms with Gasteiger partial charge in [-0.25, -0.2) is 4.57 Å². The molecule has 1 heterocycles. The molecule has 2 N–H and O–H groups in total. The van der Waals surface area contributed by atoms with Gasteiger partial charge in [0.15, 0.2) is 18.9 Å². The van der Waals surface area contributed by atoms with Gasteiger partial charge in [0.05, 0.1) is 33.6 Å². The lowest BCUT2D eigenvalue weighted by Gasteiger charge is -2.29. The lowest BCUT2D eigenvalue weighted by molar-refractivity contribution is -0.893. The molecule has 0 aromatic carbocycles. The van der Waals surface area contributed by atoms with E-state index in [1.54, 1.807) is 0 Å². The molecule has 96 valence electrons. The molecule has 17 heavy (non-hydrogen) atoms. The van der Waals surface area contributed by atoms with Crippen molar-refractivity contribution >= 4 is 0 Å². The van der Waals surface area contributed by atoms with Crippen LogP contribution in [0.25, 0.3) is 0 Å². The van der Waals surface area contributed by atoms with E-state index in [2.05, 4.69) is 50.1 Å². The zero-order chi connectivity index (χ0) is 12.7. The molecule has 1 aromatic rings. The quantitative estimate of drug-likeness (QED) is 0.558. The maximum absolute atomic E-state index is 5.56. The second kappa shape index (κ2) is 6.72.